The van der Waals surface area contributed by atoms with Gasteiger partial charge in [-0.1, -0.05) is 24.3 Å². The molecular weight excluding hydrogens is 316 g/mol. The third kappa shape index (κ3) is 3.79. The van der Waals surface area contributed by atoms with Crippen LogP contribution in [0.15, 0.2) is 42.7 Å². The van der Waals surface area contributed by atoms with Gasteiger partial charge in [0.1, 0.15) is 0 Å². The van der Waals surface area contributed by atoms with Gasteiger partial charge in [-0.2, -0.15) is 0 Å². The number of aryl methyl sites for hydroxylation is 1. The third-order valence-electron chi connectivity index (χ3n) is 4.64. The Bertz CT molecular complexity index is 782. The Morgan fingerprint density at radius 3 is 2.52 bits per heavy atom. The van der Waals surface area contributed by atoms with Gasteiger partial charge in [-0.05, 0) is 24.1 Å². The van der Waals surface area contributed by atoms with E-state index >= 15 is 0 Å². The van der Waals surface area contributed by atoms with Crippen molar-refractivity contribution in [2.75, 3.05) is 31.1 Å². The summed E-state index contributed by atoms with van der Waals surface area (Å²) < 4.78 is 0. The number of benzene rings is 1. The molecule has 2 aromatic rings. The van der Waals surface area contributed by atoms with Crippen molar-refractivity contribution in [2.24, 2.45) is 5.73 Å². The molecule has 0 saturated carbocycles. The van der Waals surface area contributed by atoms with Crippen molar-refractivity contribution in [1.82, 2.24) is 9.88 Å². The minimum atomic E-state index is -0.485. The number of hydrogen-bond acceptors (Lipinski definition) is 4. The lowest BCUT2D eigenvalue weighted by molar-refractivity contribution is -0.130. The second-order valence-corrected chi connectivity index (χ2v) is 6.23. The number of nitrogens with two attached hydrogens (primary N) is 1. The molecule has 1 aromatic carbocycles. The minimum absolute atomic E-state index is 0.138. The number of aromatic nitrogens is 1. The van der Waals surface area contributed by atoms with Crippen LogP contribution in [0.5, 0.6) is 0 Å². The van der Waals surface area contributed by atoms with Gasteiger partial charge in [0.05, 0.1) is 17.7 Å². The third-order valence-corrected chi connectivity index (χ3v) is 4.64. The zero-order valence-electron chi connectivity index (χ0n) is 14.3. The molecule has 6 nitrogen and oxygen atoms in total. The van der Waals surface area contributed by atoms with Crippen LogP contribution < -0.4 is 10.6 Å². The summed E-state index contributed by atoms with van der Waals surface area (Å²) in [6.45, 7) is 4.62. The average molecular weight is 338 g/mol. The number of nitrogens with zero attached hydrogens (tertiary/aromatic N) is 3. The van der Waals surface area contributed by atoms with Crippen molar-refractivity contribution in [3.05, 3.63) is 59.4 Å². The number of carbonyl (C=O) groups is 2. The molecule has 0 aliphatic carbocycles. The molecule has 2 N–H and O–H groups in total. The Labute approximate surface area is 147 Å². The monoisotopic (exact) mass is 338 g/mol. The van der Waals surface area contributed by atoms with Crippen molar-refractivity contribution < 1.29 is 9.59 Å². The Kier molecular flexibility index (Phi) is 4.97. The molecule has 1 aliphatic rings. The number of rotatable bonds is 4. The SMILES string of the molecule is Cc1ccccc1CC(=O)N1CCN(c2ccncc2C(N)=O)CC1. The van der Waals surface area contributed by atoms with E-state index in [0.717, 1.165) is 16.8 Å². The highest BCUT2D eigenvalue weighted by Gasteiger charge is 2.23. The number of anilines is 1. The van der Waals surface area contributed by atoms with E-state index in [0.29, 0.717) is 38.2 Å². The van der Waals surface area contributed by atoms with Gasteiger partial charge in [0, 0.05) is 38.6 Å². The van der Waals surface area contributed by atoms with E-state index in [4.69, 9.17) is 5.73 Å². The maximum Gasteiger partial charge on any atom is 0.252 e. The molecule has 0 spiro atoms. The highest BCUT2D eigenvalue weighted by Crippen LogP contribution is 2.21. The van der Waals surface area contributed by atoms with Crippen LogP contribution in [-0.4, -0.2) is 47.9 Å². The van der Waals surface area contributed by atoms with Gasteiger partial charge in [0.15, 0.2) is 0 Å². The smallest absolute Gasteiger partial charge is 0.252 e. The highest BCUT2D eigenvalue weighted by molar-refractivity contribution is 5.98. The van der Waals surface area contributed by atoms with E-state index < -0.39 is 5.91 Å². The first-order valence-electron chi connectivity index (χ1n) is 8.37. The molecule has 0 atom stereocenters. The van der Waals surface area contributed by atoms with Gasteiger partial charge in [0.25, 0.3) is 5.91 Å². The molecule has 2 amide bonds. The van der Waals surface area contributed by atoms with Gasteiger partial charge >= 0.3 is 0 Å². The minimum Gasteiger partial charge on any atom is -0.367 e. The molecule has 1 fully saturated rings. The fraction of sp³-hybridized carbons (Fsp3) is 0.316. The van der Waals surface area contributed by atoms with Crippen LogP contribution in [0.25, 0.3) is 0 Å². The van der Waals surface area contributed by atoms with Crippen molar-refractivity contribution in [3.63, 3.8) is 0 Å². The van der Waals surface area contributed by atoms with Gasteiger partial charge < -0.3 is 15.5 Å². The molecule has 1 aromatic heterocycles. The first-order valence-corrected chi connectivity index (χ1v) is 8.37. The van der Waals surface area contributed by atoms with E-state index in [2.05, 4.69) is 9.88 Å². The second-order valence-electron chi connectivity index (χ2n) is 6.23. The van der Waals surface area contributed by atoms with Gasteiger partial charge in [-0.15, -0.1) is 0 Å². The molecule has 1 aliphatic heterocycles. The van der Waals surface area contributed by atoms with E-state index in [1.807, 2.05) is 36.1 Å². The summed E-state index contributed by atoms with van der Waals surface area (Å²) >= 11 is 0. The fourth-order valence-corrected chi connectivity index (χ4v) is 3.13. The zero-order valence-corrected chi connectivity index (χ0v) is 14.3. The number of piperazine rings is 1. The summed E-state index contributed by atoms with van der Waals surface area (Å²) in [6, 6.07) is 9.76. The van der Waals surface area contributed by atoms with Crippen LogP contribution in [0.2, 0.25) is 0 Å². The van der Waals surface area contributed by atoms with Gasteiger partial charge in [0.2, 0.25) is 5.91 Å². The Morgan fingerprint density at radius 2 is 1.84 bits per heavy atom. The zero-order chi connectivity index (χ0) is 17.8. The second kappa shape index (κ2) is 7.34. The van der Waals surface area contributed by atoms with Crippen LogP contribution in [0.1, 0.15) is 21.5 Å². The first-order chi connectivity index (χ1) is 12.1. The van der Waals surface area contributed by atoms with Gasteiger partial charge in [-0.3, -0.25) is 14.6 Å². The predicted molar refractivity (Wildman–Crippen MR) is 96.4 cm³/mol. The summed E-state index contributed by atoms with van der Waals surface area (Å²) in [5.41, 5.74) is 8.84. The predicted octanol–water partition coefficient (Wildman–Crippen LogP) is 1.38. The summed E-state index contributed by atoms with van der Waals surface area (Å²) in [5, 5.41) is 0. The Hall–Kier alpha value is -2.89. The normalized spacial score (nSPS) is 14.4. The summed E-state index contributed by atoms with van der Waals surface area (Å²) in [7, 11) is 0. The van der Waals surface area contributed by atoms with Gasteiger partial charge in [-0.25, -0.2) is 0 Å². The Morgan fingerprint density at radius 1 is 1.12 bits per heavy atom. The number of amides is 2. The van der Waals surface area contributed by atoms with Crippen LogP contribution in [-0.2, 0) is 11.2 Å². The quantitative estimate of drug-likeness (QED) is 0.913. The van der Waals surface area contributed by atoms with Crippen LogP contribution in [0, 0.1) is 6.92 Å². The lowest BCUT2D eigenvalue weighted by Crippen LogP contribution is -2.49. The lowest BCUT2D eigenvalue weighted by Gasteiger charge is -2.36. The maximum absolute atomic E-state index is 12.6. The van der Waals surface area contributed by atoms with Crippen LogP contribution in [0.3, 0.4) is 0 Å². The number of carbonyl (C=O) groups excluding carboxylic acids is 2. The molecule has 0 bridgehead atoms. The average Bonchev–Trinajstić information content (AvgIpc) is 2.63. The fourth-order valence-electron chi connectivity index (χ4n) is 3.13. The first kappa shape index (κ1) is 17.0. The number of primary amides is 1. The molecule has 0 radical (unpaired) electrons. The molecule has 0 unspecified atom stereocenters. The van der Waals surface area contributed by atoms with E-state index in [9.17, 15) is 9.59 Å². The highest BCUT2D eigenvalue weighted by atomic mass is 16.2. The van der Waals surface area contributed by atoms with E-state index in [1.165, 1.54) is 6.20 Å². The molecule has 2 heterocycles. The molecule has 1 saturated heterocycles. The molecular formula is C19H22N4O2. The standard InChI is InChI=1S/C19H22N4O2/c1-14-4-2-3-5-15(14)12-18(24)23-10-8-22(9-11-23)17-6-7-21-13-16(17)19(20)25/h2-7,13H,8-12H2,1H3,(H2,20,25). The lowest BCUT2D eigenvalue weighted by atomic mass is 10.1. The van der Waals surface area contributed by atoms with Crippen molar-refractivity contribution in [1.29, 1.82) is 0 Å². The van der Waals surface area contributed by atoms with Crippen LogP contribution in [0.4, 0.5) is 5.69 Å². The van der Waals surface area contributed by atoms with Crippen LogP contribution >= 0.6 is 0 Å². The van der Waals surface area contributed by atoms with E-state index in [1.54, 1.807) is 12.3 Å². The van der Waals surface area contributed by atoms with Crippen molar-refractivity contribution in [3.8, 4) is 0 Å². The molecule has 6 heteroatoms. The maximum atomic E-state index is 12.6. The number of pyridine rings is 1. The largest absolute Gasteiger partial charge is 0.367 e. The number of hydrogen-bond donors (Lipinski definition) is 1. The molecule has 130 valence electrons. The van der Waals surface area contributed by atoms with Crippen molar-refractivity contribution in [2.45, 2.75) is 13.3 Å². The summed E-state index contributed by atoms with van der Waals surface area (Å²) in [6.07, 6.45) is 3.57. The van der Waals surface area contributed by atoms with E-state index in [-0.39, 0.29) is 5.91 Å². The molecule has 3 rings (SSSR count). The Balaban J connectivity index is 1.63. The summed E-state index contributed by atoms with van der Waals surface area (Å²) in [4.78, 5) is 32.1. The summed E-state index contributed by atoms with van der Waals surface area (Å²) in [5.74, 6) is -0.347. The van der Waals surface area contributed by atoms with Crippen molar-refractivity contribution >= 4 is 17.5 Å². The topological polar surface area (TPSA) is 79.5 Å². The molecule has 25 heavy (non-hydrogen) atoms.